The van der Waals surface area contributed by atoms with Gasteiger partial charge in [-0.2, -0.15) is 0 Å². The van der Waals surface area contributed by atoms with Gasteiger partial charge >= 0.3 is 0 Å². The summed E-state index contributed by atoms with van der Waals surface area (Å²) in [6.07, 6.45) is 0. The molecule has 0 saturated carbocycles. The van der Waals surface area contributed by atoms with Gasteiger partial charge < -0.3 is 10.1 Å². The number of benzene rings is 2. The number of thioether (sulfide) groups is 1. The Hall–Kier alpha value is -2.01. The summed E-state index contributed by atoms with van der Waals surface area (Å²) in [5.41, 5.74) is 0.717. The lowest BCUT2D eigenvalue weighted by Gasteiger charge is -2.32. The van der Waals surface area contributed by atoms with E-state index in [1.165, 1.54) is 23.9 Å². The Bertz CT molecular complexity index is 693. The molecule has 1 amide bonds. The Morgan fingerprint density at radius 1 is 1.12 bits per heavy atom. The fourth-order valence-electron chi connectivity index (χ4n) is 2.48. The quantitative estimate of drug-likeness (QED) is 0.749. The highest BCUT2D eigenvalue weighted by atomic mass is 32.2. The van der Waals surface area contributed by atoms with Gasteiger partial charge in [-0.15, -0.1) is 11.8 Å². The highest BCUT2D eigenvalue weighted by Gasteiger charge is 2.27. The molecule has 0 fully saturated rings. The summed E-state index contributed by atoms with van der Waals surface area (Å²) in [6.45, 7) is 6.16. The van der Waals surface area contributed by atoms with Gasteiger partial charge in [0.15, 0.2) is 0 Å². The Kier molecular flexibility index (Phi) is 6.48. The van der Waals surface area contributed by atoms with Crippen LogP contribution in [0.5, 0.6) is 5.75 Å². The third kappa shape index (κ3) is 5.78. The van der Waals surface area contributed by atoms with Gasteiger partial charge in [-0.3, -0.25) is 4.79 Å². The summed E-state index contributed by atoms with van der Waals surface area (Å²) in [5, 5.41) is 3.08. The fourth-order valence-corrected chi connectivity index (χ4v) is 3.19. The van der Waals surface area contributed by atoms with Gasteiger partial charge in [0.1, 0.15) is 11.6 Å². The van der Waals surface area contributed by atoms with E-state index in [9.17, 15) is 9.18 Å². The number of amides is 1. The number of carbonyl (C=O) groups excluding carboxylic acids is 1. The first-order chi connectivity index (χ1) is 11.8. The molecule has 25 heavy (non-hydrogen) atoms. The molecule has 0 aliphatic heterocycles. The summed E-state index contributed by atoms with van der Waals surface area (Å²) in [7, 11) is 1.62. The van der Waals surface area contributed by atoms with E-state index in [0.29, 0.717) is 5.75 Å². The van der Waals surface area contributed by atoms with E-state index in [4.69, 9.17) is 4.74 Å². The second-order valence-electron chi connectivity index (χ2n) is 6.88. The minimum absolute atomic E-state index is 0.0509. The first kappa shape index (κ1) is 19.3. The predicted octanol–water partition coefficient (Wildman–Crippen LogP) is 4.83. The molecule has 0 saturated heterocycles. The van der Waals surface area contributed by atoms with E-state index in [-0.39, 0.29) is 23.2 Å². The molecule has 2 aromatic rings. The van der Waals surface area contributed by atoms with Crippen molar-refractivity contribution in [3.63, 3.8) is 0 Å². The Balaban J connectivity index is 2.00. The third-order valence-electron chi connectivity index (χ3n) is 3.80. The summed E-state index contributed by atoms with van der Waals surface area (Å²) in [5.74, 6) is 0.779. The molecule has 0 spiro atoms. The van der Waals surface area contributed by atoms with Gasteiger partial charge in [-0.1, -0.05) is 32.9 Å². The highest BCUT2D eigenvalue weighted by Crippen LogP contribution is 2.33. The van der Waals surface area contributed by atoms with Crippen molar-refractivity contribution in [1.82, 2.24) is 5.32 Å². The van der Waals surface area contributed by atoms with E-state index in [1.807, 2.05) is 24.3 Å². The molecule has 1 atom stereocenters. The number of carbonyl (C=O) groups is 1. The molecule has 1 N–H and O–H groups in total. The van der Waals surface area contributed by atoms with Crippen molar-refractivity contribution in [3.8, 4) is 5.75 Å². The molecule has 5 heteroatoms. The lowest BCUT2D eigenvalue weighted by molar-refractivity contribution is -0.120. The molecule has 0 aliphatic carbocycles. The molecule has 0 bridgehead atoms. The van der Waals surface area contributed by atoms with Crippen LogP contribution in [-0.2, 0) is 4.79 Å². The number of hydrogen-bond acceptors (Lipinski definition) is 3. The normalized spacial score (nSPS) is 12.5. The lowest BCUT2D eigenvalue weighted by atomic mass is 9.82. The number of methoxy groups -OCH3 is 1. The number of ether oxygens (including phenoxy) is 1. The van der Waals surface area contributed by atoms with Crippen molar-refractivity contribution in [1.29, 1.82) is 0 Å². The molecule has 2 rings (SSSR count). The van der Waals surface area contributed by atoms with E-state index < -0.39 is 0 Å². The molecule has 0 radical (unpaired) electrons. The standard InChI is InChI=1S/C20H24FNO2S/c1-20(2,3)19(14-5-7-15(21)8-6-14)22-18(23)13-25-17-11-9-16(24-4)10-12-17/h5-12,19H,13H2,1-4H3,(H,22,23). The third-order valence-corrected chi connectivity index (χ3v) is 4.82. The zero-order valence-corrected chi connectivity index (χ0v) is 15.8. The summed E-state index contributed by atoms with van der Waals surface area (Å²) < 4.78 is 18.3. The summed E-state index contributed by atoms with van der Waals surface area (Å²) in [4.78, 5) is 13.4. The number of hydrogen-bond donors (Lipinski definition) is 1. The average molecular weight is 361 g/mol. The van der Waals surface area contributed by atoms with Gasteiger partial charge in [-0.05, 0) is 47.4 Å². The van der Waals surface area contributed by atoms with Crippen LogP contribution in [0.1, 0.15) is 32.4 Å². The predicted molar refractivity (Wildman–Crippen MR) is 100 cm³/mol. The van der Waals surface area contributed by atoms with Crippen molar-refractivity contribution < 1.29 is 13.9 Å². The summed E-state index contributed by atoms with van der Waals surface area (Å²) >= 11 is 1.47. The van der Waals surface area contributed by atoms with Crippen LogP contribution in [-0.4, -0.2) is 18.8 Å². The van der Waals surface area contributed by atoms with Crippen LogP contribution in [0.25, 0.3) is 0 Å². The van der Waals surface area contributed by atoms with Gasteiger partial charge in [0.05, 0.1) is 18.9 Å². The average Bonchev–Trinajstić information content (AvgIpc) is 2.58. The van der Waals surface area contributed by atoms with Crippen LogP contribution in [0, 0.1) is 11.2 Å². The van der Waals surface area contributed by atoms with Crippen molar-refractivity contribution >= 4 is 17.7 Å². The Labute approximate surface area is 153 Å². The number of nitrogens with one attached hydrogen (secondary N) is 1. The molecule has 1 unspecified atom stereocenters. The fraction of sp³-hybridized carbons (Fsp3) is 0.350. The monoisotopic (exact) mass is 361 g/mol. The second kappa shape index (κ2) is 8.39. The SMILES string of the molecule is COc1ccc(SCC(=O)NC(c2ccc(F)cc2)C(C)(C)C)cc1. The molecule has 0 aliphatic rings. The summed E-state index contributed by atoms with van der Waals surface area (Å²) in [6, 6.07) is 13.7. The molecule has 0 heterocycles. The van der Waals surface area contributed by atoms with Gasteiger partial charge in [0, 0.05) is 4.90 Å². The first-order valence-electron chi connectivity index (χ1n) is 8.11. The van der Waals surface area contributed by atoms with Crippen LogP contribution in [0.2, 0.25) is 0 Å². The first-order valence-corrected chi connectivity index (χ1v) is 9.10. The zero-order valence-electron chi connectivity index (χ0n) is 15.0. The van der Waals surface area contributed by atoms with Crippen LogP contribution >= 0.6 is 11.8 Å². The molecule has 0 aromatic heterocycles. The van der Waals surface area contributed by atoms with Crippen LogP contribution in [0.4, 0.5) is 4.39 Å². The van der Waals surface area contributed by atoms with E-state index in [0.717, 1.165) is 16.2 Å². The molecule has 2 aromatic carbocycles. The maximum atomic E-state index is 13.2. The Morgan fingerprint density at radius 3 is 2.24 bits per heavy atom. The lowest BCUT2D eigenvalue weighted by Crippen LogP contribution is -2.37. The van der Waals surface area contributed by atoms with Crippen molar-refractivity contribution in [3.05, 3.63) is 59.9 Å². The number of rotatable bonds is 6. The Morgan fingerprint density at radius 2 is 1.72 bits per heavy atom. The zero-order chi connectivity index (χ0) is 18.4. The molecule has 134 valence electrons. The van der Waals surface area contributed by atoms with Crippen LogP contribution in [0.15, 0.2) is 53.4 Å². The van der Waals surface area contributed by atoms with Crippen molar-refractivity contribution in [2.45, 2.75) is 31.7 Å². The number of halogens is 1. The van der Waals surface area contributed by atoms with Gasteiger partial charge in [0.25, 0.3) is 0 Å². The van der Waals surface area contributed by atoms with Crippen LogP contribution in [0.3, 0.4) is 0 Å². The molecular formula is C20H24FNO2S. The van der Waals surface area contributed by atoms with Crippen molar-refractivity contribution in [2.24, 2.45) is 5.41 Å². The van der Waals surface area contributed by atoms with Gasteiger partial charge in [-0.25, -0.2) is 4.39 Å². The van der Waals surface area contributed by atoms with Crippen molar-refractivity contribution in [2.75, 3.05) is 12.9 Å². The van der Waals surface area contributed by atoms with E-state index in [2.05, 4.69) is 26.1 Å². The maximum Gasteiger partial charge on any atom is 0.230 e. The molecule has 3 nitrogen and oxygen atoms in total. The smallest absolute Gasteiger partial charge is 0.230 e. The topological polar surface area (TPSA) is 38.3 Å². The maximum absolute atomic E-state index is 13.2. The second-order valence-corrected chi connectivity index (χ2v) is 7.93. The van der Waals surface area contributed by atoms with E-state index >= 15 is 0 Å². The van der Waals surface area contributed by atoms with Gasteiger partial charge in [0.2, 0.25) is 5.91 Å². The highest BCUT2D eigenvalue weighted by molar-refractivity contribution is 8.00. The largest absolute Gasteiger partial charge is 0.497 e. The molecular weight excluding hydrogens is 337 g/mol. The minimum Gasteiger partial charge on any atom is -0.497 e. The minimum atomic E-state index is -0.280. The van der Waals surface area contributed by atoms with E-state index in [1.54, 1.807) is 19.2 Å². The van der Waals surface area contributed by atoms with Crippen LogP contribution < -0.4 is 10.1 Å².